The fourth-order valence-electron chi connectivity index (χ4n) is 2.80. The van der Waals surface area contributed by atoms with E-state index in [0.717, 1.165) is 24.1 Å². The second-order valence-corrected chi connectivity index (χ2v) is 6.22. The smallest absolute Gasteiger partial charge is 0.262 e. The van der Waals surface area contributed by atoms with Gasteiger partial charge in [0.05, 0.1) is 11.4 Å². The van der Waals surface area contributed by atoms with Crippen LogP contribution in [0.2, 0.25) is 0 Å². The van der Waals surface area contributed by atoms with Gasteiger partial charge >= 0.3 is 0 Å². The summed E-state index contributed by atoms with van der Waals surface area (Å²) in [6, 6.07) is 6.05. The van der Waals surface area contributed by atoms with Gasteiger partial charge in [0.25, 0.3) is 5.91 Å². The molecule has 2 aliphatic rings. The lowest BCUT2D eigenvalue weighted by Gasteiger charge is -2.18. The molecule has 1 aromatic carbocycles. The maximum Gasteiger partial charge on any atom is 0.262 e. The average Bonchev–Trinajstić information content (AvgIpc) is 3.04. The molecule has 1 fully saturated rings. The van der Waals surface area contributed by atoms with Gasteiger partial charge in [-0.2, -0.15) is 5.10 Å². The van der Waals surface area contributed by atoms with E-state index >= 15 is 0 Å². The first-order chi connectivity index (χ1) is 11.1. The molecule has 0 aromatic heterocycles. The Bertz CT molecular complexity index is 653. The molecule has 0 spiro atoms. The lowest BCUT2D eigenvalue weighted by molar-refractivity contribution is -0.118. The highest BCUT2D eigenvalue weighted by Gasteiger charge is 2.17. The number of fused-ring (bicyclic) bond motifs is 1. The molecule has 1 amide bonds. The van der Waals surface area contributed by atoms with Gasteiger partial charge in [-0.1, -0.05) is 12.8 Å². The Labute approximate surface area is 140 Å². The van der Waals surface area contributed by atoms with E-state index in [9.17, 15) is 4.79 Å². The Balaban J connectivity index is 1.62. The number of ether oxygens (including phenoxy) is 1. The minimum atomic E-state index is -0.149. The quantitative estimate of drug-likeness (QED) is 0.449. The number of hydrogen-bond acceptors (Lipinski definition) is 4. The molecule has 1 aromatic rings. The summed E-state index contributed by atoms with van der Waals surface area (Å²) >= 11 is 5.27. The second-order valence-electron chi connectivity index (χ2n) is 5.81. The Morgan fingerprint density at radius 3 is 2.96 bits per heavy atom. The molecular weight excluding hydrogens is 312 g/mol. The number of hydrogen-bond donors (Lipinski definition) is 3. The monoisotopic (exact) mass is 332 g/mol. The van der Waals surface area contributed by atoms with Gasteiger partial charge in [-0.25, -0.2) is 0 Å². The number of carbonyl (C=O) groups is 1. The van der Waals surface area contributed by atoms with Crippen LogP contribution in [-0.2, 0) is 4.79 Å². The van der Waals surface area contributed by atoms with Crippen molar-refractivity contribution in [2.45, 2.75) is 38.6 Å². The normalized spacial score (nSPS) is 18.0. The van der Waals surface area contributed by atoms with E-state index in [1.54, 1.807) is 0 Å². The van der Waals surface area contributed by atoms with Crippen molar-refractivity contribution in [1.29, 1.82) is 0 Å². The third kappa shape index (κ3) is 3.98. The average molecular weight is 332 g/mol. The SMILES string of the molecule is C/C(=N/NC(=S)NC1CCCC1)c1ccc2c(c1)NC(=O)CO2. The molecule has 0 atom stereocenters. The zero-order chi connectivity index (χ0) is 16.2. The van der Waals surface area contributed by atoms with Crippen LogP contribution in [0.25, 0.3) is 0 Å². The van der Waals surface area contributed by atoms with E-state index < -0.39 is 0 Å². The van der Waals surface area contributed by atoms with E-state index in [1.165, 1.54) is 12.8 Å². The molecule has 0 radical (unpaired) electrons. The summed E-state index contributed by atoms with van der Waals surface area (Å²) in [7, 11) is 0. The number of nitrogens with zero attached hydrogens (tertiary/aromatic N) is 1. The first-order valence-electron chi connectivity index (χ1n) is 7.80. The van der Waals surface area contributed by atoms with E-state index in [4.69, 9.17) is 17.0 Å². The van der Waals surface area contributed by atoms with Gasteiger partial charge in [-0.3, -0.25) is 10.2 Å². The summed E-state index contributed by atoms with van der Waals surface area (Å²) in [6.07, 6.45) is 4.83. The number of hydrazone groups is 1. The fraction of sp³-hybridized carbons (Fsp3) is 0.438. The zero-order valence-corrected chi connectivity index (χ0v) is 13.8. The van der Waals surface area contributed by atoms with E-state index in [1.807, 2.05) is 25.1 Å². The van der Waals surface area contributed by atoms with Gasteiger partial charge < -0.3 is 15.4 Å². The molecule has 0 unspecified atom stereocenters. The first kappa shape index (κ1) is 15.7. The molecule has 1 saturated carbocycles. The van der Waals surface area contributed by atoms with Crippen LogP contribution in [-0.4, -0.2) is 29.4 Å². The number of carbonyl (C=O) groups excluding carboxylic acids is 1. The third-order valence-electron chi connectivity index (χ3n) is 4.05. The largest absolute Gasteiger partial charge is 0.482 e. The summed E-state index contributed by atoms with van der Waals surface area (Å²) in [6.45, 7) is 1.94. The second kappa shape index (κ2) is 6.95. The van der Waals surface area contributed by atoms with Crippen molar-refractivity contribution in [3.8, 4) is 5.75 Å². The number of anilines is 1. The van der Waals surface area contributed by atoms with Crippen LogP contribution >= 0.6 is 12.2 Å². The molecule has 0 saturated heterocycles. The van der Waals surface area contributed by atoms with Gasteiger partial charge in [-0.15, -0.1) is 0 Å². The van der Waals surface area contributed by atoms with E-state index in [2.05, 4.69) is 21.2 Å². The number of rotatable bonds is 3. The van der Waals surface area contributed by atoms with Gasteiger partial charge in [-0.05, 0) is 55.7 Å². The van der Waals surface area contributed by atoms with Crippen LogP contribution in [0.4, 0.5) is 5.69 Å². The predicted octanol–water partition coefficient (Wildman–Crippen LogP) is 2.15. The molecule has 7 heteroatoms. The van der Waals surface area contributed by atoms with Crippen molar-refractivity contribution in [1.82, 2.24) is 10.7 Å². The molecule has 3 N–H and O–H groups in total. The lowest BCUT2D eigenvalue weighted by Crippen LogP contribution is -2.38. The Hall–Kier alpha value is -2.15. The van der Waals surface area contributed by atoms with Gasteiger partial charge in [0, 0.05) is 6.04 Å². The minimum Gasteiger partial charge on any atom is -0.482 e. The minimum absolute atomic E-state index is 0.0576. The van der Waals surface area contributed by atoms with Gasteiger partial charge in [0.2, 0.25) is 0 Å². The summed E-state index contributed by atoms with van der Waals surface area (Å²) in [5.41, 5.74) is 5.23. The fourth-order valence-corrected chi connectivity index (χ4v) is 3.01. The van der Waals surface area contributed by atoms with Crippen LogP contribution in [0, 0.1) is 0 Å². The Morgan fingerprint density at radius 2 is 2.17 bits per heavy atom. The van der Waals surface area contributed by atoms with Crippen molar-refractivity contribution in [2.24, 2.45) is 5.10 Å². The first-order valence-corrected chi connectivity index (χ1v) is 8.20. The van der Waals surface area contributed by atoms with Crippen LogP contribution in [0.3, 0.4) is 0 Å². The van der Waals surface area contributed by atoms with Crippen LogP contribution in [0.5, 0.6) is 5.75 Å². The highest BCUT2D eigenvalue weighted by Crippen LogP contribution is 2.28. The van der Waals surface area contributed by atoms with Crippen molar-refractivity contribution in [3.05, 3.63) is 23.8 Å². The Morgan fingerprint density at radius 1 is 1.39 bits per heavy atom. The van der Waals surface area contributed by atoms with E-state index in [-0.39, 0.29) is 12.5 Å². The van der Waals surface area contributed by atoms with E-state index in [0.29, 0.717) is 22.6 Å². The summed E-state index contributed by atoms with van der Waals surface area (Å²) in [5.74, 6) is 0.525. The molecular formula is C16H20N4O2S. The molecule has 23 heavy (non-hydrogen) atoms. The standard InChI is InChI=1S/C16H20N4O2S/c1-10(19-20-16(23)17-12-4-2-3-5-12)11-6-7-14-13(8-11)18-15(21)9-22-14/h6-8,12H,2-5,9H2,1H3,(H,18,21)(H2,17,20,23)/b19-10-. The maximum atomic E-state index is 11.4. The molecule has 1 heterocycles. The summed E-state index contributed by atoms with van der Waals surface area (Å²) < 4.78 is 5.34. The molecule has 0 bridgehead atoms. The molecule has 3 rings (SSSR count). The van der Waals surface area contributed by atoms with Gasteiger partial charge in [0.15, 0.2) is 11.7 Å². The predicted molar refractivity (Wildman–Crippen MR) is 93.9 cm³/mol. The zero-order valence-electron chi connectivity index (χ0n) is 13.0. The van der Waals surface area contributed by atoms with Crippen molar-refractivity contribution in [3.63, 3.8) is 0 Å². The highest BCUT2D eigenvalue weighted by molar-refractivity contribution is 7.80. The number of thiocarbonyl (C=S) groups is 1. The summed E-state index contributed by atoms with van der Waals surface area (Å²) in [5, 5.41) is 10.9. The van der Waals surface area contributed by atoms with Crippen molar-refractivity contribution >= 4 is 34.6 Å². The highest BCUT2D eigenvalue weighted by atomic mass is 32.1. The third-order valence-corrected chi connectivity index (χ3v) is 4.25. The molecule has 6 nitrogen and oxygen atoms in total. The Kier molecular flexibility index (Phi) is 4.76. The van der Waals surface area contributed by atoms with Crippen molar-refractivity contribution in [2.75, 3.05) is 11.9 Å². The summed E-state index contributed by atoms with van der Waals surface area (Å²) in [4.78, 5) is 11.4. The van der Waals surface area contributed by atoms with Gasteiger partial charge in [0.1, 0.15) is 5.75 Å². The van der Waals surface area contributed by atoms with Crippen LogP contribution < -0.4 is 20.8 Å². The van der Waals surface area contributed by atoms with Crippen LogP contribution in [0.1, 0.15) is 38.2 Å². The molecule has 1 aliphatic carbocycles. The number of nitrogens with one attached hydrogen (secondary N) is 3. The molecule has 1 aliphatic heterocycles. The lowest BCUT2D eigenvalue weighted by atomic mass is 10.1. The molecule has 122 valence electrons. The number of benzene rings is 1. The van der Waals surface area contributed by atoms with Crippen LogP contribution in [0.15, 0.2) is 23.3 Å². The maximum absolute atomic E-state index is 11.4. The number of amides is 1. The van der Waals surface area contributed by atoms with Crippen molar-refractivity contribution < 1.29 is 9.53 Å². The topological polar surface area (TPSA) is 74.8 Å².